The molecule has 2 atom stereocenters. The Morgan fingerprint density at radius 2 is 1.69 bits per heavy atom. The van der Waals surface area contributed by atoms with Crippen LogP contribution in [0.3, 0.4) is 0 Å². The Morgan fingerprint density at radius 1 is 1.06 bits per heavy atom. The number of aryl methyl sites for hydroxylation is 1. The Bertz CT molecular complexity index is 1020. The van der Waals surface area contributed by atoms with E-state index >= 15 is 0 Å². The highest BCUT2D eigenvalue weighted by atomic mass is 35.5. The second-order valence-corrected chi connectivity index (χ2v) is 9.26. The van der Waals surface area contributed by atoms with Crippen LogP contribution in [0.4, 0.5) is 0 Å². The van der Waals surface area contributed by atoms with Crippen LogP contribution in [-0.2, 0) is 16.0 Å². The number of ether oxygens (including phenoxy) is 1. The molecular weight excluding hydrogens is 447 g/mol. The van der Waals surface area contributed by atoms with Crippen LogP contribution in [-0.4, -0.2) is 54.9 Å². The molecule has 0 aromatic heterocycles. The van der Waals surface area contributed by atoms with Gasteiger partial charge in [0.2, 0.25) is 11.8 Å². The van der Waals surface area contributed by atoms with E-state index in [1.807, 2.05) is 40.1 Å². The summed E-state index contributed by atoms with van der Waals surface area (Å²) in [6.07, 6.45) is 2.32. The molecule has 2 aromatic rings. The van der Waals surface area contributed by atoms with E-state index in [0.717, 1.165) is 16.7 Å². The number of carbonyl (C=O) groups is 2. The third-order valence-electron chi connectivity index (χ3n) is 6.46. The molecule has 32 heavy (non-hydrogen) atoms. The number of carbonyl (C=O) groups excluding carboxylic acids is 2. The smallest absolute Gasteiger partial charge is 0.245 e. The van der Waals surface area contributed by atoms with Gasteiger partial charge in [0.1, 0.15) is 5.75 Å². The van der Waals surface area contributed by atoms with Crippen molar-refractivity contribution in [3.63, 3.8) is 0 Å². The number of amides is 2. The van der Waals surface area contributed by atoms with E-state index in [-0.39, 0.29) is 11.8 Å². The molecule has 0 N–H and O–H groups in total. The number of hydrogen-bond acceptors (Lipinski definition) is 3. The van der Waals surface area contributed by atoms with Gasteiger partial charge in [-0.15, -0.1) is 0 Å². The van der Waals surface area contributed by atoms with Gasteiger partial charge in [-0.05, 0) is 47.9 Å². The number of fused-ring (bicyclic) bond motifs is 1. The van der Waals surface area contributed by atoms with Gasteiger partial charge >= 0.3 is 0 Å². The summed E-state index contributed by atoms with van der Waals surface area (Å²) in [4.78, 5) is 28.6. The number of halogens is 2. The van der Waals surface area contributed by atoms with E-state index in [9.17, 15) is 9.59 Å². The molecule has 5 nitrogen and oxygen atoms in total. The topological polar surface area (TPSA) is 49.9 Å². The van der Waals surface area contributed by atoms with Gasteiger partial charge in [0, 0.05) is 55.0 Å². The fourth-order valence-electron chi connectivity index (χ4n) is 4.74. The number of likely N-dealkylation sites (tertiary alicyclic amines) is 2. The van der Waals surface area contributed by atoms with Crippen LogP contribution in [0, 0.1) is 11.8 Å². The monoisotopic (exact) mass is 472 g/mol. The zero-order valence-corrected chi connectivity index (χ0v) is 19.5. The molecule has 2 unspecified atom stereocenters. The summed E-state index contributed by atoms with van der Waals surface area (Å²) in [7, 11) is 1.61. The van der Waals surface area contributed by atoms with Gasteiger partial charge in [0.25, 0.3) is 0 Å². The lowest BCUT2D eigenvalue weighted by molar-refractivity contribution is -0.130. The first-order chi connectivity index (χ1) is 15.4. The molecule has 2 heterocycles. The minimum atomic E-state index is -0.0244. The molecule has 0 saturated carbocycles. The third-order valence-corrected chi connectivity index (χ3v) is 7.02. The second-order valence-electron chi connectivity index (χ2n) is 8.42. The number of benzene rings is 2. The van der Waals surface area contributed by atoms with Gasteiger partial charge in [-0.25, -0.2) is 0 Å². The molecule has 0 bridgehead atoms. The Balaban J connectivity index is 1.42. The molecule has 4 rings (SSSR count). The highest BCUT2D eigenvalue weighted by Gasteiger charge is 2.42. The molecule has 2 fully saturated rings. The molecule has 0 spiro atoms. The highest BCUT2D eigenvalue weighted by molar-refractivity contribution is 6.33. The number of rotatable bonds is 6. The number of methoxy groups -OCH3 is 1. The summed E-state index contributed by atoms with van der Waals surface area (Å²) in [5, 5.41) is 1.25. The Labute approximate surface area is 198 Å². The average molecular weight is 473 g/mol. The minimum absolute atomic E-state index is 0.0244. The Hall–Kier alpha value is -2.50. The van der Waals surface area contributed by atoms with Crippen molar-refractivity contribution in [1.82, 2.24) is 9.80 Å². The molecule has 168 valence electrons. The van der Waals surface area contributed by atoms with E-state index in [0.29, 0.717) is 66.7 Å². The summed E-state index contributed by atoms with van der Waals surface area (Å²) >= 11 is 12.5. The fourth-order valence-corrected chi connectivity index (χ4v) is 5.13. The summed E-state index contributed by atoms with van der Waals surface area (Å²) in [5.41, 5.74) is 2.78. The first-order valence-corrected chi connectivity index (χ1v) is 11.5. The second kappa shape index (κ2) is 9.55. The lowest BCUT2D eigenvalue weighted by Crippen LogP contribution is -2.35. The summed E-state index contributed by atoms with van der Waals surface area (Å²) < 4.78 is 5.52. The van der Waals surface area contributed by atoms with Gasteiger partial charge < -0.3 is 14.5 Å². The molecule has 2 saturated heterocycles. The van der Waals surface area contributed by atoms with Crippen LogP contribution in [0.5, 0.6) is 5.75 Å². The van der Waals surface area contributed by atoms with Crippen LogP contribution in [0.2, 0.25) is 10.0 Å². The zero-order chi connectivity index (χ0) is 22.8. The normalized spacial score (nSPS) is 19.7. The van der Waals surface area contributed by atoms with Crippen molar-refractivity contribution in [3.05, 3.63) is 64.7 Å². The fraction of sp³-hybridized carbons (Fsp3) is 0.360. The quantitative estimate of drug-likeness (QED) is 0.572. The molecule has 2 aromatic carbocycles. The Morgan fingerprint density at radius 3 is 2.28 bits per heavy atom. The van der Waals surface area contributed by atoms with Crippen molar-refractivity contribution >= 4 is 35.0 Å². The third kappa shape index (κ3) is 4.64. The van der Waals surface area contributed by atoms with Crippen LogP contribution in [0.25, 0.3) is 11.1 Å². The van der Waals surface area contributed by atoms with Gasteiger partial charge in [0.05, 0.1) is 12.1 Å². The van der Waals surface area contributed by atoms with Gasteiger partial charge in [-0.1, -0.05) is 41.9 Å². The number of nitrogens with zero attached hydrogens (tertiary/aromatic N) is 2. The van der Waals surface area contributed by atoms with E-state index in [2.05, 4.69) is 6.58 Å². The first kappa shape index (κ1) is 22.7. The highest BCUT2D eigenvalue weighted by Crippen LogP contribution is 2.36. The van der Waals surface area contributed by atoms with Crippen LogP contribution in [0.15, 0.2) is 49.1 Å². The summed E-state index contributed by atoms with van der Waals surface area (Å²) in [5.74, 6) is 1.49. The zero-order valence-electron chi connectivity index (χ0n) is 18.0. The van der Waals surface area contributed by atoms with Crippen LogP contribution < -0.4 is 4.74 Å². The maximum Gasteiger partial charge on any atom is 0.245 e. The minimum Gasteiger partial charge on any atom is -0.496 e. The standard InChI is InChI=1S/C25H26Cl2N2O3/c1-3-24(30)28-12-18-14-29(15-19(18)13-28)25(31)9-6-17-10-21(22(27)11-23(17)32-2)16-4-7-20(26)8-5-16/h3-5,7-8,10-11,18-19H,1,6,9,12-15H2,2H3. The predicted molar refractivity (Wildman–Crippen MR) is 127 cm³/mol. The lowest BCUT2D eigenvalue weighted by Gasteiger charge is -2.21. The first-order valence-electron chi connectivity index (χ1n) is 10.7. The van der Waals surface area contributed by atoms with Crippen molar-refractivity contribution in [2.24, 2.45) is 11.8 Å². The van der Waals surface area contributed by atoms with E-state index in [4.69, 9.17) is 27.9 Å². The van der Waals surface area contributed by atoms with Crippen molar-refractivity contribution in [1.29, 1.82) is 0 Å². The SMILES string of the molecule is C=CC(=O)N1CC2CN(C(=O)CCc3cc(-c4ccc(Cl)cc4)c(Cl)cc3OC)CC2C1. The van der Waals surface area contributed by atoms with Crippen molar-refractivity contribution < 1.29 is 14.3 Å². The van der Waals surface area contributed by atoms with E-state index < -0.39 is 0 Å². The van der Waals surface area contributed by atoms with E-state index in [1.165, 1.54) is 6.08 Å². The maximum atomic E-state index is 12.9. The Kier molecular flexibility index (Phi) is 6.77. The predicted octanol–water partition coefficient (Wildman–Crippen LogP) is 4.70. The summed E-state index contributed by atoms with van der Waals surface area (Å²) in [6.45, 7) is 6.38. The van der Waals surface area contributed by atoms with Gasteiger partial charge in [-0.3, -0.25) is 9.59 Å². The number of hydrogen-bond donors (Lipinski definition) is 0. The van der Waals surface area contributed by atoms with Crippen molar-refractivity contribution in [3.8, 4) is 16.9 Å². The molecule has 7 heteroatoms. The van der Waals surface area contributed by atoms with Gasteiger partial charge in [0.15, 0.2) is 0 Å². The summed E-state index contributed by atoms with van der Waals surface area (Å²) in [6, 6.07) is 11.3. The molecule has 2 aliphatic rings. The van der Waals surface area contributed by atoms with Crippen LogP contribution in [0.1, 0.15) is 12.0 Å². The molecule has 2 amide bonds. The maximum absolute atomic E-state index is 12.9. The largest absolute Gasteiger partial charge is 0.496 e. The van der Waals surface area contributed by atoms with Gasteiger partial charge in [-0.2, -0.15) is 0 Å². The molecule has 0 radical (unpaired) electrons. The van der Waals surface area contributed by atoms with Crippen molar-refractivity contribution in [2.45, 2.75) is 12.8 Å². The molecular formula is C25H26Cl2N2O3. The molecule has 2 aliphatic heterocycles. The molecule has 0 aliphatic carbocycles. The average Bonchev–Trinajstić information content (AvgIpc) is 3.37. The van der Waals surface area contributed by atoms with E-state index in [1.54, 1.807) is 13.2 Å². The lowest BCUT2D eigenvalue weighted by atomic mass is 9.99. The van der Waals surface area contributed by atoms with Crippen LogP contribution >= 0.6 is 23.2 Å². The van der Waals surface area contributed by atoms with Crippen molar-refractivity contribution in [2.75, 3.05) is 33.3 Å².